The average Bonchev–Trinajstić information content (AvgIpc) is 2.64. The summed E-state index contributed by atoms with van der Waals surface area (Å²) in [6, 6.07) is 15.4. The minimum absolute atomic E-state index is 0.0384. The van der Waals surface area contributed by atoms with E-state index in [1.54, 1.807) is 6.20 Å². The third kappa shape index (κ3) is 5.94. The van der Waals surface area contributed by atoms with Crippen molar-refractivity contribution in [1.82, 2.24) is 10.3 Å². The fourth-order valence-corrected chi connectivity index (χ4v) is 2.78. The number of carbonyl (C=O) groups is 1. The lowest BCUT2D eigenvalue weighted by molar-refractivity contribution is -0.136. The van der Waals surface area contributed by atoms with E-state index < -0.39 is 12.2 Å². The van der Waals surface area contributed by atoms with Crippen LogP contribution in [0.15, 0.2) is 53.1 Å². The van der Waals surface area contributed by atoms with Gasteiger partial charge in [0, 0.05) is 10.7 Å². The summed E-state index contributed by atoms with van der Waals surface area (Å²) in [5, 5.41) is 11.3. The molecule has 2 atom stereocenters. The summed E-state index contributed by atoms with van der Waals surface area (Å²) in [4.78, 5) is 16.9. The number of hydrogen-bond acceptors (Lipinski definition) is 4. The highest BCUT2D eigenvalue weighted by Crippen LogP contribution is 2.28. The Morgan fingerprint density at radius 3 is 2.58 bits per heavy atom. The third-order valence-electron chi connectivity index (χ3n) is 3.74. The first-order valence-corrected chi connectivity index (χ1v) is 9.27. The molecule has 0 radical (unpaired) electrons. The van der Waals surface area contributed by atoms with Crippen molar-refractivity contribution in [2.24, 2.45) is 5.92 Å². The van der Waals surface area contributed by atoms with Gasteiger partial charge in [-0.3, -0.25) is 9.78 Å². The highest BCUT2D eigenvalue weighted by molar-refractivity contribution is 9.10. The lowest BCUT2D eigenvalue weighted by Crippen LogP contribution is -2.38. The smallest absolute Gasteiger partial charge is 0.250 e. The van der Waals surface area contributed by atoms with Gasteiger partial charge in [-0.2, -0.15) is 5.26 Å². The Hall–Kier alpha value is -2.23. The molecule has 0 fully saturated rings. The zero-order chi connectivity index (χ0) is 18.9. The van der Waals surface area contributed by atoms with E-state index in [2.05, 4.69) is 26.2 Å². The summed E-state index contributed by atoms with van der Waals surface area (Å²) in [7, 11) is 0. The van der Waals surface area contributed by atoms with Crippen LogP contribution in [0.1, 0.15) is 37.6 Å². The van der Waals surface area contributed by atoms with Crippen molar-refractivity contribution in [3.63, 3.8) is 0 Å². The number of ether oxygens (including phenoxy) is 1. The number of aromatic nitrogens is 1. The predicted molar refractivity (Wildman–Crippen MR) is 103 cm³/mol. The standard InChI is InChI=1S/C20H22BrN3O2/c1-14(2)12-18(20(25)23-11-10-22)26-19(15-6-4-3-5-7-15)17-9-8-16(21)13-24-17/h3-9,13-14,18-19H,11-12H2,1-2H3,(H,23,25)/t18-,19?/m0/s1. The van der Waals surface area contributed by atoms with Gasteiger partial charge in [0.15, 0.2) is 0 Å². The monoisotopic (exact) mass is 415 g/mol. The van der Waals surface area contributed by atoms with Crippen molar-refractivity contribution in [2.75, 3.05) is 6.54 Å². The van der Waals surface area contributed by atoms with Gasteiger partial charge < -0.3 is 10.1 Å². The SMILES string of the molecule is CC(C)C[C@H](OC(c1ccccc1)c1ccc(Br)cn1)C(=O)NCC#N. The molecule has 0 bridgehead atoms. The number of pyridine rings is 1. The molecule has 0 aliphatic rings. The fourth-order valence-electron chi connectivity index (χ4n) is 2.55. The second-order valence-electron chi connectivity index (χ2n) is 6.32. The van der Waals surface area contributed by atoms with Crippen LogP contribution < -0.4 is 5.32 Å². The van der Waals surface area contributed by atoms with Crippen molar-refractivity contribution in [3.05, 3.63) is 64.4 Å². The summed E-state index contributed by atoms with van der Waals surface area (Å²) < 4.78 is 7.11. The van der Waals surface area contributed by atoms with Crippen molar-refractivity contribution < 1.29 is 9.53 Å². The summed E-state index contributed by atoms with van der Waals surface area (Å²) in [6.07, 6.45) is 1.12. The van der Waals surface area contributed by atoms with E-state index in [4.69, 9.17) is 10.00 Å². The van der Waals surface area contributed by atoms with E-state index in [0.29, 0.717) is 6.42 Å². The maximum absolute atomic E-state index is 12.5. The fraction of sp³-hybridized carbons (Fsp3) is 0.350. The van der Waals surface area contributed by atoms with E-state index in [0.717, 1.165) is 15.7 Å². The molecule has 1 amide bonds. The normalized spacial score (nSPS) is 13.0. The topological polar surface area (TPSA) is 75.0 Å². The van der Waals surface area contributed by atoms with Crippen LogP contribution in [-0.2, 0) is 9.53 Å². The number of rotatable bonds is 8. The Morgan fingerprint density at radius 2 is 2.00 bits per heavy atom. The lowest BCUT2D eigenvalue weighted by Gasteiger charge is -2.25. The van der Waals surface area contributed by atoms with Gasteiger partial charge >= 0.3 is 0 Å². The maximum Gasteiger partial charge on any atom is 0.250 e. The highest BCUT2D eigenvalue weighted by Gasteiger charge is 2.27. The van der Waals surface area contributed by atoms with Gasteiger partial charge in [-0.15, -0.1) is 0 Å². The Bertz CT molecular complexity index is 742. The number of hydrogen-bond donors (Lipinski definition) is 1. The summed E-state index contributed by atoms with van der Waals surface area (Å²) in [6.45, 7) is 4.02. The molecule has 0 aliphatic carbocycles. The molecular formula is C20H22BrN3O2. The van der Waals surface area contributed by atoms with Gasteiger partial charge in [0.05, 0.1) is 11.8 Å². The van der Waals surface area contributed by atoms with E-state index in [1.807, 2.05) is 62.4 Å². The van der Waals surface area contributed by atoms with Crippen molar-refractivity contribution in [2.45, 2.75) is 32.5 Å². The number of halogens is 1. The molecule has 1 aromatic carbocycles. The molecule has 0 aliphatic heterocycles. The van der Waals surface area contributed by atoms with Crippen LogP contribution in [0.3, 0.4) is 0 Å². The maximum atomic E-state index is 12.5. The number of amides is 1. The molecular weight excluding hydrogens is 394 g/mol. The molecule has 2 rings (SSSR count). The molecule has 136 valence electrons. The first kappa shape index (κ1) is 20.1. The molecule has 6 heteroatoms. The van der Waals surface area contributed by atoms with Crippen LogP contribution in [-0.4, -0.2) is 23.5 Å². The first-order valence-electron chi connectivity index (χ1n) is 8.47. The highest BCUT2D eigenvalue weighted by atomic mass is 79.9. The molecule has 1 aromatic heterocycles. The molecule has 0 saturated heterocycles. The van der Waals surface area contributed by atoms with E-state index in [1.165, 1.54) is 0 Å². The number of nitriles is 1. The molecule has 2 aromatic rings. The van der Waals surface area contributed by atoms with E-state index in [9.17, 15) is 4.79 Å². The van der Waals surface area contributed by atoms with Crippen LogP contribution >= 0.6 is 15.9 Å². The Labute approximate surface area is 162 Å². The number of nitrogens with zero attached hydrogens (tertiary/aromatic N) is 2. The number of nitrogens with one attached hydrogen (secondary N) is 1. The quantitative estimate of drug-likeness (QED) is 0.660. The van der Waals surface area contributed by atoms with Crippen LogP contribution in [0.2, 0.25) is 0 Å². The zero-order valence-electron chi connectivity index (χ0n) is 14.9. The van der Waals surface area contributed by atoms with Crippen LogP contribution in [0.5, 0.6) is 0 Å². The summed E-state index contributed by atoms with van der Waals surface area (Å²) in [5.74, 6) is -0.0135. The van der Waals surface area contributed by atoms with E-state index in [-0.39, 0.29) is 18.4 Å². The van der Waals surface area contributed by atoms with E-state index >= 15 is 0 Å². The third-order valence-corrected chi connectivity index (χ3v) is 4.21. The molecule has 0 saturated carbocycles. The van der Waals surface area contributed by atoms with Crippen molar-refractivity contribution >= 4 is 21.8 Å². The van der Waals surface area contributed by atoms with Crippen LogP contribution in [0, 0.1) is 17.2 Å². The number of benzene rings is 1. The summed E-state index contributed by atoms with van der Waals surface area (Å²) >= 11 is 3.39. The summed E-state index contributed by atoms with van der Waals surface area (Å²) in [5.41, 5.74) is 1.64. The molecule has 26 heavy (non-hydrogen) atoms. The minimum atomic E-state index is -0.668. The first-order chi connectivity index (χ1) is 12.5. The van der Waals surface area contributed by atoms with Gasteiger partial charge in [-0.05, 0) is 46.0 Å². The number of carbonyl (C=O) groups excluding carboxylic acids is 1. The predicted octanol–water partition coefficient (Wildman–Crippen LogP) is 4.00. The van der Waals surface area contributed by atoms with Gasteiger partial charge in [0.1, 0.15) is 18.8 Å². The second kappa shape index (κ2) is 10.0. The molecule has 1 heterocycles. The Balaban J connectivity index is 2.32. The molecule has 1 N–H and O–H groups in total. The molecule has 0 spiro atoms. The zero-order valence-corrected chi connectivity index (χ0v) is 16.4. The van der Waals surface area contributed by atoms with Gasteiger partial charge in [-0.25, -0.2) is 0 Å². The minimum Gasteiger partial charge on any atom is -0.354 e. The van der Waals surface area contributed by atoms with Crippen molar-refractivity contribution in [1.29, 1.82) is 5.26 Å². The van der Waals surface area contributed by atoms with Crippen LogP contribution in [0.25, 0.3) is 0 Å². The second-order valence-corrected chi connectivity index (χ2v) is 7.24. The molecule has 5 nitrogen and oxygen atoms in total. The largest absolute Gasteiger partial charge is 0.354 e. The van der Waals surface area contributed by atoms with Crippen LogP contribution in [0.4, 0.5) is 0 Å². The lowest BCUT2D eigenvalue weighted by atomic mass is 10.0. The average molecular weight is 416 g/mol. The Kier molecular flexibility index (Phi) is 7.76. The Morgan fingerprint density at radius 1 is 1.27 bits per heavy atom. The van der Waals surface area contributed by atoms with Gasteiger partial charge in [0.2, 0.25) is 5.91 Å². The van der Waals surface area contributed by atoms with Gasteiger partial charge in [0.25, 0.3) is 0 Å². The molecule has 1 unspecified atom stereocenters. The van der Waals surface area contributed by atoms with Crippen molar-refractivity contribution in [3.8, 4) is 6.07 Å². The van der Waals surface area contributed by atoms with Gasteiger partial charge in [-0.1, -0.05) is 44.2 Å².